The van der Waals surface area contributed by atoms with Crippen LogP contribution in [0, 0.1) is 10.1 Å². The van der Waals surface area contributed by atoms with E-state index in [-0.39, 0.29) is 17.8 Å². The Morgan fingerprint density at radius 3 is 2.87 bits per heavy atom. The molecule has 7 heteroatoms. The molecule has 1 amide bonds. The second-order valence-corrected chi connectivity index (χ2v) is 6.71. The Balaban J connectivity index is 1.97. The highest BCUT2D eigenvalue weighted by atomic mass is 16.6. The number of nitro groups is 1. The third-order valence-electron chi connectivity index (χ3n) is 3.51. The van der Waals surface area contributed by atoms with Crippen LogP contribution in [0.2, 0.25) is 0 Å². The van der Waals surface area contributed by atoms with Crippen molar-refractivity contribution in [1.82, 2.24) is 10.2 Å². The number of nitrogens with zero attached hydrogens (tertiary/aromatic N) is 2. The molecule has 1 aromatic carbocycles. The van der Waals surface area contributed by atoms with Gasteiger partial charge in [0.1, 0.15) is 5.60 Å². The number of benzene rings is 1. The molecule has 0 unspecified atom stereocenters. The van der Waals surface area contributed by atoms with Crippen LogP contribution >= 0.6 is 0 Å². The van der Waals surface area contributed by atoms with E-state index < -0.39 is 10.5 Å². The molecule has 7 nitrogen and oxygen atoms in total. The predicted octanol–water partition coefficient (Wildman–Crippen LogP) is 2.35. The van der Waals surface area contributed by atoms with Gasteiger partial charge in [-0.25, -0.2) is 4.79 Å². The zero-order valence-corrected chi connectivity index (χ0v) is 13.7. The van der Waals surface area contributed by atoms with Crippen molar-refractivity contribution < 1.29 is 14.5 Å². The molecule has 0 spiro atoms. The normalized spacial score (nSPS) is 18.6. The van der Waals surface area contributed by atoms with Crippen LogP contribution in [0.25, 0.3) is 0 Å². The van der Waals surface area contributed by atoms with E-state index in [1.165, 1.54) is 6.07 Å². The highest BCUT2D eigenvalue weighted by Gasteiger charge is 2.27. The van der Waals surface area contributed by atoms with E-state index in [1.54, 1.807) is 17.0 Å². The van der Waals surface area contributed by atoms with Crippen LogP contribution in [-0.4, -0.2) is 47.2 Å². The van der Waals surface area contributed by atoms with Crippen LogP contribution in [-0.2, 0) is 11.2 Å². The summed E-state index contributed by atoms with van der Waals surface area (Å²) >= 11 is 0. The molecule has 1 fully saturated rings. The summed E-state index contributed by atoms with van der Waals surface area (Å²) in [5, 5.41) is 14.2. The maximum absolute atomic E-state index is 12.1. The monoisotopic (exact) mass is 321 g/mol. The zero-order chi connectivity index (χ0) is 17.0. The number of hydrogen-bond acceptors (Lipinski definition) is 5. The first-order valence-corrected chi connectivity index (χ1v) is 7.69. The van der Waals surface area contributed by atoms with Crippen molar-refractivity contribution in [2.45, 2.75) is 38.8 Å². The first-order chi connectivity index (χ1) is 10.7. The van der Waals surface area contributed by atoms with E-state index >= 15 is 0 Å². The quantitative estimate of drug-likeness (QED) is 0.682. The first-order valence-electron chi connectivity index (χ1n) is 7.69. The fraction of sp³-hybridized carbons (Fsp3) is 0.562. The summed E-state index contributed by atoms with van der Waals surface area (Å²) in [6, 6.07) is 6.65. The molecule has 1 aliphatic rings. The third kappa shape index (κ3) is 5.21. The molecule has 1 saturated heterocycles. The van der Waals surface area contributed by atoms with Gasteiger partial charge in [-0.05, 0) is 32.8 Å². The van der Waals surface area contributed by atoms with E-state index in [4.69, 9.17) is 4.74 Å². The minimum Gasteiger partial charge on any atom is -0.444 e. The molecule has 1 atom stereocenters. The Morgan fingerprint density at radius 2 is 2.22 bits per heavy atom. The molecule has 0 saturated carbocycles. The van der Waals surface area contributed by atoms with E-state index in [0.29, 0.717) is 26.1 Å². The minimum absolute atomic E-state index is 0.0540. The van der Waals surface area contributed by atoms with Crippen molar-refractivity contribution in [3.63, 3.8) is 0 Å². The second-order valence-electron chi connectivity index (χ2n) is 6.71. The van der Waals surface area contributed by atoms with Crippen molar-refractivity contribution in [3.05, 3.63) is 39.9 Å². The SMILES string of the molecule is CC(C)(C)OC(=O)N1CCN[C@@H](Cc2cccc([N+](=O)[O-])c2)C1. The number of hydrogen-bond donors (Lipinski definition) is 1. The fourth-order valence-corrected chi connectivity index (χ4v) is 2.54. The lowest BCUT2D eigenvalue weighted by atomic mass is 10.0. The van der Waals surface area contributed by atoms with Crippen LogP contribution in [0.15, 0.2) is 24.3 Å². The molecule has 0 bridgehead atoms. The highest BCUT2D eigenvalue weighted by Crippen LogP contribution is 2.16. The van der Waals surface area contributed by atoms with Gasteiger partial charge in [0, 0.05) is 37.8 Å². The van der Waals surface area contributed by atoms with Gasteiger partial charge < -0.3 is 15.0 Å². The number of rotatable bonds is 3. The summed E-state index contributed by atoms with van der Waals surface area (Å²) in [5.74, 6) is 0. The minimum atomic E-state index is -0.516. The van der Waals surface area contributed by atoms with Gasteiger partial charge in [-0.2, -0.15) is 0 Å². The molecule has 1 N–H and O–H groups in total. The molecular formula is C16H23N3O4. The van der Waals surface area contributed by atoms with Gasteiger partial charge in [-0.15, -0.1) is 0 Å². The van der Waals surface area contributed by atoms with Gasteiger partial charge in [-0.1, -0.05) is 12.1 Å². The molecule has 0 aliphatic carbocycles. The van der Waals surface area contributed by atoms with Crippen molar-refractivity contribution in [3.8, 4) is 0 Å². The standard InChI is InChI=1S/C16H23N3O4/c1-16(2,3)23-15(20)18-8-7-17-13(11-18)9-12-5-4-6-14(10-12)19(21)22/h4-6,10,13,17H,7-9,11H2,1-3H3/t13-/m0/s1. The van der Waals surface area contributed by atoms with Crippen LogP contribution in [0.5, 0.6) is 0 Å². The average Bonchev–Trinajstić information content (AvgIpc) is 2.46. The molecule has 0 aromatic heterocycles. The number of ether oxygens (including phenoxy) is 1. The average molecular weight is 321 g/mol. The van der Waals surface area contributed by atoms with Gasteiger partial charge in [0.05, 0.1) is 4.92 Å². The largest absolute Gasteiger partial charge is 0.444 e. The molecule has 23 heavy (non-hydrogen) atoms. The number of piperazine rings is 1. The number of amides is 1. The van der Waals surface area contributed by atoms with Crippen LogP contribution in [0.1, 0.15) is 26.3 Å². The fourth-order valence-electron chi connectivity index (χ4n) is 2.54. The summed E-state index contributed by atoms with van der Waals surface area (Å²) in [6.07, 6.45) is 0.309. The molecule has 1 heterocycles. The Hall–Kier alpha value is -2.15. The molecule has 1 aromatic rings. The lowest BCUT2D eigenvalue weighted by Gasteiger charge is -2.35. The Labute approximate surface area is 135 Å². The van der Waals surface area contributed by atoms with Crippen LogP contribution in [0.3, 0.4) is 0 Å². The molecule has 0 radical (unpaired) electrons. The summed E-state index contributed by atoms with van der Waals surface area (Å²) in [5.41, 5.74) is 0.447. The molecule has 2 rings (SSSR count). The number of carbonyl (C=O) groups excluding carboxylic acids is 1. The lowest BCUT2D eigenvalue weighted by Crippen LogP contribution is -2.54. The van der Waals surface area contributed by atoms with E-state index in [2.05, 4.69) is 5.32 Å². The van der Waals surface area contributed by atoms with Crippen LogP contribution < -0.4 is 5.32 Å². The van der Waals surface area contributed by atoms with Crippen molar-refractivity contribution in [1.29, 1.82) is 0 Å². The highest BCUT2D eigenvalue weighted by molar-refractivity contribution is 5.68. The number of nitrogens with one attached hydrogen (secondary N) is 1. The van der Waals surface area contributed by atoms with Gasteiger partial charge in [-0.3, -0.25) is 10.1 Å². The van der Waals surface area contributed by atoms with Crippen LogP contribution in [0.4, 0.5) is 10.5 Å². The van der Waals surface area contributed by atoms with Gasteiger partial charge in [0.2, 0.25) is 0 Å². The first kappa shape index (κ1) is 17.2. The Bertz CT molecular complexity index is 583. The molecule has 126 valence electrons. The predicted molar refractivity (Wildman–Crippen MR) is 86.4 cm³/mol. The molecule has 1 aliphatic heterocycles. The zero-order valence-electron chi connectivity index (χ0n) is 13.7. The summed E-state index contributed by atoms with van der Waals surface area (Å²) in [4.78, 5) is 24.3. The van der Waals surface area contributed by atoms with E-state index in [0.717, 1.165) is 5.56 Å². The second kappa shape index (κ2) is 6.95. The van der Waals surface area contributed by atoms with Crippen molar-refractivity contribution >= 4 is 11.8 Å². The van der Waals surface area contributed by atoms with E-state index in [1.807, 2.05) is 26.8 Å². The number of non-ortho nitro benzene ring substituents is 1. The summed E-state index contributed by atoms with van der Waals surface area (Å²) < 4.78 is 5.40. The maximum Gasteiger partial charge on any atom is 0.410 e. The maximum atomic E-state index is 12.1. The third-order valence-corrected chi connectivity index (χ3v) is 3.51. The number of carbonyl (C=O) groups is 1. The molecular weight excluding hydrogens is 298 g/mol. The van der Waals surface area contributed by atoms with Gasteiger partial charge in [0.25, 0.3) is 5.69 Å². The topological polar surface area (TPSA) is 84.7 Å². The number of nitro benzene ring substituents is 1. The van der Waals surface area contributed by atoms with E-state index in [9.17, 15) is 14.9 Å². The van der Waals surface area contributed by atoms with Gasteiger partial charge >= 0.3 is 6.09 Å². The Morgan fingerprint density at radius 1 is 1.48 bits per heavy atom. The lowest BCUT2D eigenvalue weighted by molar-refractivity contribution is -0.384. The van der Waals surface area contributed by atoms with Crippen molar-refractivity contribution in [2.24, 2.45) is 0 Å². The Kier molecular flexibility index (Phi) is 5.20. The van der Waals surface area contributed by atoms with Crippen molar-refractivity contribution in [2.75, 3.05) is 19.6 Å². The summed E-state index contributed by atoms with van der Waals surface area (Å²) in [6.45, 7) is 7.33. The summed E-state index contributed by atoms with van der Waals surface area (Å²) in [7, 11) is 0. The smallest absolute Gasteiger partial charge is 0.410 e. The van der Waals surface area contributed by atoms with Gasteiger partial charge in [0.15, 0.2) is 0 Å².